The van der Waals surface area contributed by atoms with Crippen LogP contribution in [0, 0.1) is 0 Å². The highest BCUT2D eigenvalue weighted by atomic mass is 16.6. The molecule has 3 aromatic rings. The Balaban J connectivity index is 1.86. The molecule has 0 saturated carbocycles. The monoisotopic (exact) mass is 492 g/mol. The van der Waals surface area contributed by atoms with Gasteiger partial charge in [-0.05, 0) is 6.07 Å². The molecule has 9 N–H and O–H groups in total. The normalized spacial score (nSPS) is 33.0. The number of hydrogen-bond donors (Lipinski definition) is 7. The number of aromatic nitrogens is 6. The lowest BCUT2D eigenvalue weighted by atomic mass is 9.90. The van der Waals surface area contributed by atoms with Crippen LogP contribution >= 0.6 is 0 Å². The number of imidazole rings is 1. The van der Waals surface area contributed by atoms with Crippen molar-refractivity contribution < 1.29 is 29.9 Å². The van der Waals surface area contributed by atoms with Gasteiger partial charge in [-0.3, -0.25) is 18.9 Å². The Morgan fingerprint density at radius 3 is 2.17 bits per heavy atom. The minimum atomic E-state index is -1.98. The van der Waals surface area contributed by atoms with Crippen LogP contribution in [0.4, 0.5) is 11.8 Å². The lowest BCUT2D eigenvalue weighted by molar-refractivity contribution is -0.283. The van der Waals surface area contributed by atoms with E-state index in [9.17, 15) is 30.0 Å². The number of H-pyrrole nitrogens is 1. The number of ether oxygens (including phenoxy) is 2. The van der Waals surface area contributed by atoms with Gasteiger partial charge in [0.1, 0.15) is 18.0 Å². The quantitative estimate of drug-likeness (QED) is 0.180. The minimum absolute atomic E-state index is 0.0709. The van der Waals surface area contributed by atoms with Crippen LogP contribution in [-0.4, -0.2) is 87.1 Å². The number of nitrogens with zero attached hydrogens (tertiary/aromatic N) is 5. The molecule has 5 rings (SSSR count). The molecule has 2 fully saturated rings. The topological polar surface area (TPSA) is 250 Å². The number of nitrogen functional groups attached to an aromatic ring is 2. The van der Waals surface area contributed by atoms with Crippen LogP contribution in [-0.2, 0) is 20.9 Å². The highest BCUT2D eigenvalue weighted by Gasteiger charge is 2.68. The molecule has 0 radical (unpaired) electrons. The lowest BCUT2D eigenvalue weighted by Gasteiger charge is -2.46. The van der Waals surface area contributed by atoms with E-state index < -0.39 is 60.3 Å². The third-order valence-electron chi connectivity index (χ3n) is 6.52. The zero-order valence-corrected chi connectivity index (χ0v) is 18.2. The van der Waals surface area contributed by atoms with Gasteiger partial charge in [-0.15, -0.1) is 0 Å². The second-order valence-corrected chi connectivity index (χ2v) is 8.53. The summed E-state index contributed by atoms with van der Waals surface area (Å²) in [5, 5.41) is 41.3. The van der Waals surface area contributed by atoms with Gasteiger partial charge in [0.25, 0.3) is 5.56 Å². The second-order valence-electron chi connectivity index (χ2n) is 8.53. The highest BCUT2D eigenvalue weighted by Crippen LogP contribution is 2.54. The van der Waals surface area contributed by atoms with Crippen LogP contribution in [0.1, 0.15) is 12.8 Å². The summed E-state index contributed by atoms with van der Waals surface area (Å²) in [5.74, 6) is -0.319. The van der Waals surface area contributed by atoms with Gasteiger partial charge in [0.05, 0.1) is 31.7 Å². The molecular weight excluding hydrogens is 468 g/mol. The molecule has 188 valence electrons. The molecule has 16 nitrogen and oxygen atoms in total. The molecular formula is C19H24N8O8. The number of fused-ring (bicyclic) bond motifs is 1. The first-order chi connectivity index (χ1) is 16.7. The Kier molecular flexibility index (Phi) is 5.38. The summed E-state index contributed by atoms with van der Waals surface area (Å²) < 4.78 is 14.6. The van der Waals surface area contributed by atoms with Gasteiger partial charge in [0.2, 0.25) is 11.7 Å². The molecule has 6 atom stereocenters. The Morgan fingerprint density at radius 1 is 1.03 bits per heavy atom. The maximum Gasteiger partial charge on any atom is 0.352 e. The molecule has 0 aromatic carbocycles. The fraction of sp³-hybridized carbons (Fsp3) is 0.526. The molecule has 5 heterocycles. The number of aliphatic hydroxyl groups excluding tert-OH is 4. The van der Waals surface area contributed by atoms with Crippen molar-refractivity contribution in [2.45, 2.75) is 48.7 Å². The zero-order chi connectivity index (χ0) is 25.1. The zero-order valence-electron chi connectivity index (χ0n) is 18.2. The number of nitrogens with two attached hydrogens (primary N) is 2. The van der Waals surface area contributed by atoms with E-state index in [1.54, 1.807) is 0 Å². The molecule has 2 aliphatic heterocycles. The lowest BCUT2D eigenvalue weighted by Crippen LogP contribution is -2.60. The molecule has 35 heavy (non-hydrogen) atoms. The summed E-state index contributed by atoms with van der Waals surface area (Å²) in [7, 11) is 0. The summed E-state index contributed by atoms with van der Waals surface area (Å²) in [6.45, 7) is -1.22. The molecule has 2 aliphatic rings. The van der Waals surface area contributed by atoms with Gasteiger partial charge < -0.3 is 41.4 Å². The van der Waals surface area contributed by atoms with Crippen molar-refractivity contribution in [3.05, 3.63) is 39.4 Å². The molecule has 0 amide bonds. The first kappa shape index (κ1) is 23.3. The highest BCUT2D eigenvalue weighted by molar-refractivity contribution is 5.71. The van der Waals surface area contributed by atoms with Crippen LogP contribution in [0.5, 0.6) is 0 Å². The van der Waals surface area contributed by atoms with E-state index in [1.807, 2.05) is 0 Å². The summed E-state index contributed by atoms with van der Waals surface area (Å²) in [4.78, 5) is 39.9. The molecule has 0 aliphatic carbocycles. The minimum Gasteiger partial charge on any atom is -0.394 e. The van der Waals surface area contributed by atoms with Gasteiger partial charge in [0.15, 0.2) is 16.9 Å². The third kappa shape index (κ3) is 3.26. The molecule has 0 unspecified atom stereocenters. The number of nitrogens with one attached hydrogen (secondary N) is 1. The van der Waals surface area contributed by atoms with Crippen molar-refractivity contribution in [3.8, 4) is 0 Å². The predicted molar refractivity (Wildman–Crippen MR) is 117 cm³/mol. The standard InChI is InChI=1S/C19H24N8O8/c20-12-1-2-26(17(33)23-12)18(3-8(30)10(5-28)34-18)19(4-9(31)11(6-29)35-19)27-7-22-13-14(27)24-16(21)25-15(13)32/h1-2,7-11,28-31H,3-6H2,(H2,20,23,33)(H3,21,24,25,32)/t8-,9-,10+,11+,18-,19-/m0/s1. The summed E-state index contributed by atoms with van der Waals surface area (Å²) in [5.41, 5.74) is 5.78. The molecule has 0 bridgehead atoms. The van der Waals surface area contributed by atoms with Crippen molar-refractivity contribution in [3.63, 3.8) is 0 Å². The van der Waals surface area contributed by atoms with Gasteiger partial charge in [-0.25, -0.2) is 9.78 Å². The number of aromatic amines is 1. The van der Waals surface area contributed by atoms with Crippen molar-refractivity contribution in [1.29, 1.82) is 0 Å². The van der Waals surface area contributed by atoms with Crippen LogP contribution in [0.25, 0.3) is 11.2 Å². The van der Waals surface area contributed by atoms with Gasteiger partial charge in [-0.1, -0.05) is 0 Å². The largest absolute Gasteiger partial charge is 0.394 e. The van der Waals surface area contributed by atoms with E-state index >= 15 is 0 Å². The van der Waals surface area contributed by atoms with E-state index in [0.29, 0.717) is 0 Å². The maximum absolute atomic E-state index is 13.1. The van der Waals surface area contributed by atoms with E-state index in [1.165, 1.54) is 23.2 Å². The van der Waals surface area contributed by atoms with Crippen LogP contribution in [0.15, 0.2) is 28.2 Å². The van der Waals surface area contributed by atoms with Gasteiger partial charge in [0, 0.05) is 19.0 Å². The summed E-state index contributed by atoms with van der Waals surface area (Å²) >= 11 is 0. The Hall–Kier alpha value is -3.41. The number of anilines is 2. The number of hydrogen-bond acceptors (Lipinski definition) is 13. The van der Waals surface area contributed by atoms with E-state index in [2.05, 4.69) is 19.9 Å². The van der Waals surface area contributed by atoms with Gasteiger partial charge in [-0.2, -0.15) is 9.97 Å². The van der Waals surface area contributed by atoms with E-state index in [4.69, 9.17) is 20.9 Å². The maximum atomic E-state index is 13.1. The summed E-state index contributed by atoms with van der Waals surface area (Å²) in [6, 6.07) is 1.32. The average molecular weight is 492 g/mol. The molecule has 3 aromatic heterocycles. The van der Waals surface area contributed by atoms with E-state index in [0.717, 1.165) is 4.57 Å². The Bertz CT molecular complexity index is 1390. The molecule has 0 spiro atoms. The SMILES string of the molecule is Nc1ccn([C@@]2([C@]3(n4cnc5c(=O)[nH]c(N)nc54)C[C@H](O)[C@@H](CO)O3)C[C@H](O)[C@@H](CO)O2)c(=O)n1. The first-order valence-electron chi connectivity index (χ1n) is 10.7. The van der Waals surface area contributed by atoms with Crippen LogP contribution < -0.4 is 22.7 Å². The van der Waals surface area contributed by atoms with Crippen molar-refractivity contribution in [2.75, 3.05) is 24.7 Å². The smallest absolute Gasteiger partial charge is 0.352 e. The van der Waals surface area contributed by atoms with Crippen LogP contribution in [0.3, 0.4) is 0 Å². The van der Waals surface area contributed by atoms with Crippen molar-refractivity contribution in [1.82, 2.24) is 29.1 Å². The Morgan fingerprint density at radius 2 is 1.63 bits per heavy atom. The van der Waals surface area contributed by atoms with E-state index in [-0.39, 0.29) is 35.8 Å². The fourth-order valence-electron chi connectivity index (χ4n) is 4.97. The van der Waals surface area contributed by atoms with Crippen molar-refractivity contribution in [2.24, 2.45) is 0 Å². The molecule has 16 heteroatoms. The first-order valence-corrected chi connectivity index (χ1v) is 10.7. The molecule has 2 saturated heterocycles. The second kappa shape index (κ2) is 8.08. The average Bonchev–Trinajstić information content (AvgIpc) is 3.48. The van der Waals surface area contributed by atoms with Crippen molar-refractivity contribution >= 4 is 22.9 Å². The number of aliphatic hydroxyl groups is 4. The predicted octanol–water partition coefficient (Wildman–Crippen LogP) is -3.87. The van der Waals surface area contributed by atoms with Crippen LogP contribution in [0.2, 0.25) is 0 Å². The summed E-state index contributed by atoms with van der Waals surface area (Å²) in [6.07, 6.45) is -3.05. The number of rotatable bonds is 5. The van der Waals surface area contributed by atoms with Gasteiger partial charge >= 0.3 is 5.69 Å². The third-order valence-corrected chi connectivity index (χ3v) is 6.52. The fourth-order valence-corrected chi connectivity index (χ4v) is 4.97. The Labute approximate surface area is 195 Å².